The zero-order valence-corrected chi connectivity index (χ0v) is 11.4. The van der Waals surface area contributed by atoms with Gasteiger partial charge in [-0.1, -0.05) is 12.1 Å². The Morgan fingerprint density at radius 2 is 1.68 bits per heavy atom. The lowest BCUT2D eigenvalue weighted by atomic mass is 9.91. The molecule has 1 amide bonds. The van der Waals surface area contributed by atoms with Gasteiger partial charge in [-0.2, -0.15) is 13.2 Å². The van der Waals surface area contributed by atoms with Crippen LogP contribution in [0.2, 0.25) is 0 Å². The molecule has 120 valence electrons. The van der Waals surface area contributed by atoms with Crippen LogP contribution in [-0.2, 0) is 11.0 Å². The monoisotopic (exact) mass is 317 g/mol. The van der Waals surface area contributed by atoms with Gasteiger partial charge in [-0.05, 0) is 12.1 Å². The van der Waals surface area contributed by atoms with E-state index in [-0.39, 0.29) is 25.9 Å². The number of rotatable bonds is 2. The molecular formula is C14H14F3NO4. The van der Waals surface area contributed by atoms with E-state index in [1.165, 1.54) is 12.1 Å². The summed E-state index contributed by atoms with van der Waals surface area (Å²) in [6.45, 7) is -0.234. The van der Waals surface area contributed by atoms with E-state index in [9.17, 15) is 27.9 Å². The van der Waals surface area contributed by atoms with Gasteiger partial charge in [-0.3, -0.25) is 4.79 Å². The van der Waals surface area contributed by atoms with Crippen molar-refractivity contribution >= 4 is 11.9 Å². The number of aliphatic hydroxyl groups is 1. The maximum Gasteiger partial charge on any atom is 0.417 e. The highest BCUT2D eigenvalue weighted by molar-refractivity contribution is 5.96. The van der Waals surface area contributed by atoms with E-state index in [2.05, 4.69) is 0 Å². The molecule has 1 aromatic carbocycles. The van der Waals surface area contributed by atoms with Crippen LogP contribution in [0.5, 0.6) is 0 Å². The summed E-state index contributed by atoms with van der Waals surface area (Å²) in [5.41, 5.74) is -3.44. The van der Waals surface area contributed by atoms with Crippen LogP contribution in [0, 0.1) is 0 Å². The average molecular weight is 317 g/mol. The van der Waals surface area contributed by atoms with E-state index in [1.807, 2.05) is 0 Å². The van der Waals surface area contributed by atoms with Gasteiger partial charge in [0.1, 0.15) is 0 Å². The van der Waals surface area contributed by atoms with Gasteiger partial charge in [-0.25, -0.2) is 4.79 Å². The Hall–Kier alpha value is -2.09. The summed E-state index contributed by atoms with van der Waals surface area (Å²) >= 11 is 0. The zero-order valence-electron chi connectivity index (χ0n) is 11.4. The zero-order chi connectivity index (χ0) is 16.5. The second-order valence-corrected chi connectivity index (χ2v) is 5.17. The number of aliphatic carboxylic acids is 1. The normalized spacial score (nSPS) is 18.1. The number of carboxylic acids is 1. The van der Waals surface area contributed by atoms with Gasteiger partial charge in [0.05, 0.1) is 11.1 Å². The summed E-state index contributed by atoms with van der Waals surface area (Å²) < 4.78 is 38.7. The fourth-order valence-electron chi connectivity index (χ4n) is 2.38. The molecule has 1 aliphatic heterocycles. The SMILES string of the molecule is O=C(c1ccccc1C(F)(F)F)N1CCC(O)(C(=O)O)CC1. The maximum absolute atomic E-state index is 12.9. The lowest BCUT2D eigenvalue weighted by Crippen LogP contribution is -2.51. The lowest BCUT2D eigenvalue weighted by molar-refractivity contribution is -0.162. The van der Waals surface area contributed by atoms with Gasteiger partial charge in [0, 0.05) is 25.9 Å². The fourth-order valence-corrected chi connectivity index (χ4v) is 2.38. The van der Waals surface area contributed by atoms with Crippen molar-refractivity contribution in [3.8, 4) is 0 Å². The van der Waals surface area contributed by atoms with E-state index in [0.717, 1.165) is 17.0 Å². The predicted molar refractivity (Wildman–Crippen MR) is 69.2 cm³/mol. The largest absolute Gasteiger partial charge is 0.479 e. The van der Waals surface area contributed by atoms with Crippen molar-refractivity contribution in [1.82, 2.24) is 4.90 Å². The highest BCUT2D eigenvalue weighted by atomic mass is 19.4. The van der Waals surface area contributed by atoms with Gasteiger partial charge in [0.15, 0.2) is 5.60 Å². The predicted octanol–water partition coefficient (Wildman–Crippen LogP) is 1.76. The average Bonchev–Trinajstić information content (AvgIpc) is 2.46. The molecule has 0 aliphatic carbocycles. The molecule has 1 saturated heterocycles. The molecule has 0 atom stereocenters. The number of hydrogen-bond donors (Lipinski definition) is 2. The van der Waals surface area contributed by atoms with E-state index >= 15 is 0 Å². The Bertz CT molecular complexity index is 592. The molecule has 0 spiro atoms. The number of nitrogens with zero attached hydrogens (tertiary/aromatic N) is 1. The van der Waals surface area contributed by atoms with Crippen molar-refractivity contribution in [2.24, 2.45) is 0 Å². The van der Waals surface area contributed by atoms with E-state index < -0.39 is 34.8 Å². The summed E-state index contributed by atoms with van der Waals surface area (Å²) in [5.74, 6) is -2.21. The Morgan fingerprint density at radius 3 is 2.18 bits per heavy atom. The smallest absolute Gasteiger partial charge is 0.417 e. The number of benzene rings is 1. The molecule has 1 aliphatic rings. The minimum atomic E-state index is -4.65. The second-order valence-electron chi connectivity index (χ2n) is 5.17. The van der Waals surface area contributed by atoms with Gasteiger partial charge >= 0.3 is 12.1 Å². The molecule has 1 aromatic rings. The Labute approximate surface area is 124 Å². The minimum Gasteiger partial charge on any atom is -0.479 e. The number of amides is 1. The van der Waals surface area contributed by atoms with Crippen LogP contribution in [0.4, 0.5) is 13.2 Å². The fraction of sp³-hybridized carbons (Fsp3) is 0.429. The van der Waals surface area contributed by atoms with Crippen LogP contribution < -0.4 is 0 Å². The summed E-state index contributed by atoms with van der Waals surface area (Å²) in [6.07, 6.45) is -5.09. The Kier molecular flexibility index (Phi) is 4.15. The number of hydrogen-bond acceptors (Lipinski definition) is 3. The summed E-state index contributed by atoms with van der Waals surface area (Å²) in [4.78, 5) is 24.3. The molecule has 1 fully saturated rings. The van der Waals surface area contributed by atoms with Gasteiger partial charge in [-0.15, -0.1) is 0 Å². The van der Waals surface area contributed by atoms with E-state index in [0.29, 0.717) is 0 Å². The number of carbonyl (C=O) groups excluding carboxylic acids is 1. The molecule has 0 radical (unpaired) electrons. The second kappa shape index (κ2) is 5.60. The van der Waals surface area contributed by atoms with Crippen molar-refractivity contribution in [3.05, 3.63) is 35.4 Å². The molecule has 0 bridgehead atoms. The van der Waals surface area contributed by atoms with Crippen LogP contribution in [0.1, 0.15) is 28.8 Å². The van der Waals surface area contributed by atoms with Crippen molar-refractivity contribution in [2.45, 2.75) is 24.6 Å². The van der Waals surface area contributed by atoms with Crippen LogP contribution in [0.15, 0.2) is 24.3 Å². The molecular weight excluding hydrogens is 303 g/mol. The first kappa shape index (κ1) is 16.3. The number of alkyl halides is 3. The Morgan fingerprint density at radius 1 is 1.14 bits per heavy atom. The first-order valence-electron chi connectivity index (χ1n) is 6.56. The lowest BCUT2D eigenvalue weighted by Gasteiger charge is -2.35. The highest BCUT2D eigenvalue weighted by Crippen LogP contribution is 2.33. The summed E-state index contributed by atoms with van der Waals surface area (Å²) in [5, 5.41) is 18.7. The third-order valence-electron chi connectivity index (χ3n) is 3.74. The van der Waals surface area contributed by atoms with Crippen molar-refractivity contribution < 1.29 is 33.0 Å². The third kappa shape index (κ3) is 3.06. The van der Waals surface area contributed by atoms with Crippen molar-refractivity contribution in [3.63, 3.8) is 0 Å². The third-order valence-corrected chi connectivity index (χ3v) is 3.74. The molecule has 0 saturated carbocycles. The van der Waals surface area contributed by atoms with Crippen LogP contribution in [0.25, 0.3) is 0 Å². The van der Waals surface area contributed by atoms with Crippen molar-refractivity contribution in [1.29, 1.82) is 0 Å². The standard InChI is InChI=1S/C14H14F3NO4/c15-14(16,17)10-4-2-1-3-9(10)11(19)18-7-5-13(22,6-8-18)12(20)21/h1-4,22H,5-8H2,(H,20,21). The van der Waals surface area contributed by atoms with Crippen LogP contribution >= 0.6 is 0 Å². The molecule has 0 unspecified atom stereocenters. The molecule has 22 heavy (non-hydrogen) atoms. The molecule has 1 heterocycles. The molecule has 2 N–H and O–H groups in total. The van der Waals surface area contributed by atoms with Crippen molar-refractivity contribution in [2.75, 3.05) is 13.1 Å². The summed E-state index contributed by atoms with van der Waals surface area (Å²) in [6, 6.07) is 4.44. The molecule has 8 heteroatoms. The number of likely N-dealkylation sites (tertiary alicyclic amines) is 1. The molecule has 5 nitrogen and oxygen atoms in total. The van der Waals surface area contributed by atoms with Gasteiger partial charge in [0.2, 0.25) is 0 Å². The Balaban J connectivity index is 2.20. The van der Waals surface area contributed by atoms with Gasteiger partial charge in [0.25, 0.3) is 5.91 Å². The first-order valence-corrected chi connectivity index (χ1v) is 6.56. The number of piperidine rings is 1. The number of carbonyl (C=O) groups is 2. The highest BCUT2D eigenvalue weighted by Gasteiger charge is 2.42. The van der Waals surface area contributed by atoms with E-state index in [1.54, 1.807) is 0 Å². The number of halogens is 3. The maximum atomic E-state index is 12.9. The number of carboxylic acid groups (broad SMARTS) is 1. The van der Waals surface area contributed by atoms with Crippen LogP contribution in [0.3, 0.4) is 0 Å². The topological polar surface area (TPSA) is 77.8 Å². The van der Waals surface area contributed by atoms with E-state index in [4.69, 9.17) is 5.11 Å². The quantitative estimate of drug-likeness (QED) is 0.871. The molecule has 2 rings (SSSR count). The molecule has 0 aromatic heterocycles. The first-order chi connectivity index (χ1) is 10.1. The minimum absolute atomic E-state index is 0.117. The summed E-state index contributed by atoms with van der Waals surface area (Å²) in [7, 11) is 0. The van der Waals surface area contributed by atoms with Gasteiger partial charge < -0.3 is 15.1 Å². The van der Waals surface area contributed by atoms with Crippen LogP contribution in [-0.4, -0.2) is 45.7 Å².